The molecular formula is C25H25Cl2N3O4S. The van der Waals surface area contributed by atoms with Crippen LogP contribution in [0, 0.1) is 0 Å². The zero-order chi connectivity index (χ0) is 25.6. The highest BCUT2D eigenvalue weighted by Gasteiger charge is 2.32. The summed E-state index contributed by atoms with van der Waals surface area (Å²) < 4.78 is 28.1. The van der Waals surface area contributed by atoms with E-state index in [1.807, 2.05) is 0 Å². The van der Waals surface area contributed by atoms with Crippen molar-refractivity contribution in [1.82, 2.24) is 10.2 Å². The smallest absolute Gasteiger partial charge is 0.264 e. The monoisotopic (exact) mass is 533 g/mol. The maximum Gasteiger partial charge on any atom is 0.264 e. The number of hydrogen-bond donors (Lipinski definition) is 1. The lowest BCUT2D eigenvalue weighted by Gasteiger charge is -2.31. The molecule has 0 bridgehead atoms. The zero-order valence-corrected chi connectivity index (χ0v) is 21.5. The van der Waals surface area contributed by atoms with Crippen molar-refractivity contribution in [2.75, 3.05) is 17.9 Å². The predicted molar refractivity (Wildman–Crippen MR) is 138 cm³/mol. The molecule has 1 atom stereocenters. The summed E-state index contributed by atoms with van der Waals surface area (Å²) in [5, 5.41) is 3.20. The highest BCUT2D eigenvalue weighted by Crippen LogP contribution is 2.26. The van der Waals surface area contributed by atoms with Crippen molar-refractivity contribution in [2.24, 2.45) is 0 Å². The van der Waals surface area contributed by atoms with E-state index in [2.05, 4.69) is 5.32 Å². The molecule has 35 heavy (non-hydrogen) atoms. The first-order chi connectivity index (χ1) is 16.6. The number of carbonyl (C=O) groups is 2. The van der Waals surface area contributed by atoms with Gasteiger partial charge in [0.15, 0.2) is 0 Å². The van der Waals surface area contributed by atoms with Gasteiger partial charge in [0.05, 0.1) is 20.6 Å². The largest absolute Gasteiger partial charge is 0.357 e. The van der Waals surface area contributed by atoms with E-state index in [4.69, 9.17) is 23.2 Å². The molecule has 0 saturated heterocycles. The second-order valence-electron chi connectivity index (χ2n) is 7.72. The average Bonchev–Trinajstić information content (AvgIpc) is 2.87. The number of carbonyl (C=O) groups excluding carboxylic acids is 2. The van der Waals surface area contributed by atoms with Gasteiger partial charge in [0.1, 0.15) is 12.6 Å². The Morgan fingerprint density at radius 1 is 0.914 bits per heavy atom. The molecule has 1 N–H and O–H groups in total. The van der Waals surface area contributed by atoms with Gasteiger partial charge in [-0.25, -0.2) is 8.42 Å². The molecule has 3 aromatic carbocycles. The lowest BCUT2D eigenvalue weighted by molar-refractivity contribution is -0.139. The minimum atomic E-state index is -4.07. The maximum absolute atomic E-state index is 13.6. The Morgan fingerprint density at radius 3 is 2.09 bits per heavy atom. The van der Waals surface area contributed by atoms with Crippen molar-refractivity contribution in [1.29, 1.82) is 0 Å². The fraction of sp³-hybridized carbons (Fsp3) is 0.200. The number of likely N-dealkylation sites (N-methyl/N-ethyl adjacent to an activating group) is 1. The predicted octanol–water partition coefficient (Wildman–Crippen LogP) is 4.35. The third-order valence-electron chi connectivity index (χ3n) is 5.40. The van der Waals surface area contributed by atoms with Crippen LogP contribution in [0.3, 0.4) is 0 Å². The molecule has 2 amide bonds. The number of anilines is 1. The van der Waals surface area contributed by atoms with E-state index in [0.717, 1.165) is 4.31 Å². The summed E-state index contributed by atoms with van der Waals surface area (Å²) in [5.74, 6) is -0.953. The minimum absolute atomic E-state index is 0.0261. The van der Waals surface area contributed by atoms with Gasteiger partial charge in [-0.15, -0.1) is 0 Å². The molecule has 0 saturated carbocycles. The molecular weight excluding hydrogens is 509 g/mol. The summed E-state index contributed by atoms with van der Waals surface area (Å²) in [5.41, 5.74) is 0.965. The number of rotatable bonds is 9. The summed E-state index contributed by atoms with van der Waals surface area (Å²) >= 11 is 12.1. The van der Waals surface area contributed by atoms with Crippen LogP contribution >= 0.6 is 23.2 Å². The lowest BCUT2D eigenvalue weighted by Crippen LogP contribution is -2.50. The number of hydrogen-bond acceptors (Lipinski definition) is 4. The molecule has 0 heterocycles. The van der Waals surface area contributed by atoms with Crippen LogP contribution in [-0.2, 0) is 26.2 Å². The molecule has 184 valence electrons. The van der Waals surface area contributed by atoms with Gasteiger partial charge in [-0.3, -0.25) is 13.9 Å². The third-order valence-corrected chi connectivity index (χ3v) is 7.93. The number of amides is 2. The Bertz CT molecular complexity index is 1290. The number of para-hydroxylation sites is 1. The van der Waals surface area contributed by atoms with Gasteiger partial charge in [0, 0.05) is 13.6 Å². The summed E-state index contributed by atoms with van der Waals surface area (Å²) in [6, 6.07) is 20.3. The molecule has 3 rings (SSSR count). The molecule has 7 nitrogen and oxygen atoms in total. The normalized spacial score (nSPS) is 12.0. The molecule has 0 aromatic heterocycles. The highest BCUT2D eigenvalue weighted by molar-refractivity contribution is 7.92. The van der Waals surface area contributed by atoms with Crippen LogP contribution in [0.5, 0.6) is 0 Å². The van der Waals surface area contributed by atoms with Crippen molar-refractivity contribution >= 4 is 50.7 Å². The van der Waals surface area contributed by atoms with Gasteiger partial charge >= 0.3 is 0 Å². The molecule has 0 unspecified atom stereocenters. The Balaban J connectivity index is 2.00. The maximum atomic E-state index is 13.6. The van der Waals surface area contributed by atoms with E-state index in [1.54, 1.807) is 73.7 Å². The van der Waals surface area contributed by atoms with Crippen LogP contribution in [-0.4, -0.2) is 44.8 Å². The summed E-state index contributed by atoms with van der Waals surface area (Å²) in [6.07, 6.45) is 0. The summed E-state index contributed by atoms with van der Waals surface area (Å²) in [7, 11) is -2.60. The first-order valence-corrected chi connectivity index (χ1v) is 12.9. The zero-order valence-electron chi connectivity index (χ0n) is 19.2. The molecule has 0 aliphatic heterocycles. The van der Waals surface area contributed by atoms with Gasteiger partial charge in [-0.1, -0.05) is 65.7 Å². The van der Waals surface area contributed by atoms with Crippen molar-refractivity contribution < 1.29 is 18.0 Å². The molecule has 0 aliphatic carbocycles. The third kappa shape index (κ3) is 6.33. The first-order valence-electron chi connectivity index (χ1n) is 10.7. The Morgan fingerprint density at radius 2 is 1.51 bits per heavy atom. The Hall–Kier alpha value is -3.07. The van der Waals surface area contributed by atoms with Gasteiger partial charge in [0.25, 0.3) is 10.0 Å². The van der Waals surface area contributed by atoms with E-state index < -0.39 is 34.4 Å². The second-order valence-corrected chi connectivity index (χ2v) is 10.4. The van der Waals surface area contributed by atoms with E-state index in [1.165, 1.54) is 24.1 Å². The summed E-state index contributed by atoms with van der Waals surface area (Å²) in [6.45, 7) is 1.09. The second kappa shape index (κ2) is 11.6. The van der Waals surface area contributed by atoms with Gasteiger partial charge in [0.2, 0.25) is 11.8 Å². The standard InChI is InChI=1S/C25H25Cl2N3O4S/c1-18(25(32)28-2)29(16-19-13-14-22(26)23(27)15-19)24(31)17-30(20-9-5-3-6-10-20)35(33,34)21-11-7-4-8-12-21/h3-15,18H,16-17H2,1-2H3,(H,28,32)/t18-/m1/s1. The topological polar surface area (TPSA) is 86.8 Å². The van der Waals surface area contributed by atoms with Crippen molar-refractivity contribution in [3.8, 4) is 0 Å². The summed E-state index contributed by atoms with van der Waals surface area (Å²) in [4.78, 5) is 27.4. The molecule has 0 spiro atoms. The van der Waals surface area contributed by atoms with Crippen molar-refractivity contribution in [3.63, 3.8) is 0 Å². The van der Waals surface area contributed by atoms with Crippen LogP contribution in [0.1, 0.15) is 12.5 Å². The minimum Gasteiger partial charge on any atom is -0.357 e. The van der Waals surface area contributed by atoms with E-state index in [-0.39, 0.29) is 11.4 Å². The van der Waals surface area contributed by atoms with E-state index >= 15 is 0 Å². The van der Waals surface area contributed by atoms with Crippen LogP contribution < -0.4 is 9.62 Å². The van der Waals surface area contributed by atoms with Gasteiger partial charge in [-0.2, -0.15) is 0 Å². The van der Waals surface area contributed by atoms with Crippen LogP contribution in [0.15, 0.2) is 83.8 Å². The van der Waals surface area contributed by atoms with Crippen LogP contribution in [0.2, 0.25) is 10.0 Å². The van der Waals surface area contributed by atoms with E-state index in [9.17, 15) is 18.0 Å². The van der Waals surface area contributed by atoms with Gasteiger partial charge < -0.3 is 10.2 Å². The molecule has 0 aliphatic rings. The SMILES string of the molecule is CNC(=O)[C@@H](C)N(Cc1ccc(Cl)c(Cl)c1)C(=O)CN(c1ccccc1)S(=O)(=O)c1ccccc1. The molecule has 10 heteroatoms. The number of sulfonamides is 1. The quantitative estimate of drug-likeness (QED) is 0.442. The first kappa shape index (κ1) is 26.5. The number of nitrogens with zero attached hydrogens (tertiary/aromatic N) is 2. The number of benzene rings is 3. The molecule has 0 radical (unpaired) electrons. The average molecular weight is 534 g/mol. The fourth-order valence-corrected chi connectivity index (χ4v) is 5.22. The van der Waals surface area contributed by atoms with Gasteiger partial charge in [-0.05, 0) is 48.9 Å². The molecule has 3 aromatic rings. The Kier molecular flexibility index (Phi) is 8.77. The Labute approximate surface area is 215 Å². The van der Waals surface area contributed by atoms with E-state index in [0.29, 0.717) is 21.3 Å². The van der Waals surface area contributed by atoms with Crippen LogP contribution in [0.4, 0.5) is 5.69 Å². The number of halogens is 2. The lowest BCUT2D eigenvalue weighted by atomic mass is 10.1. The fourth-order valence-electron chi connectivity index (χ4n) is 3.47. The highest BCUT2D eigenvalue weighted by atomic mass is 35.5. The van der Waals surface area contributed by atoms with Crippen molar-refractivity contribution in [3.05, 3.63) is 94.5 Å². The molecule has 0 fully saturated rings. The van der Waals surface area contributed by atoms with Crippen molar-refractivity contribution in [2.45, 2.75) is 24.4 Å². The van der Waals surface area contributed by atoms with Crippen LogP contribution in [0.25, 0.3) is 0 Å². The number of nitrogens with one attached hydrogen (secondary N) is 1.